The van der Waals surface area contributed by atoms with E-state index >= 15 is 0 Å². The number of rotatable bonds is 10. The van der Waals surface area contributed by atoms with Crippen molar-refractivity contribution in [3.8, 4) is 11.3 Å². The number of thiazole rings is 1. The van der Waals surface area contributed by atoms with E-state index in [0.29, 0.717) is 12.2 Å². The average Bonchev–Trinajstić information content (AvgIpc) is 3.22. The van der Waals surface area contributed by atoms with Crippen molar-refractivity contribution in [2.75, 3.05) is 23.4 Å². The molecule has 6 nitrogen and oxygen atoms in total. The maximum atomic E-state index is 12.8. The van der Waals surface area contributed by atoms with Crippen molar-refractivity contribution in [1.29, 1.82) is 0 Å². The summed E-state index contributed by atoms with van der Waals surface area (Å²) in [4.78, 5) is 32.4. The second-order valence-electron chi connectivity index (χ2n) is 6.36. The highest BCUT2D eigenvalue weighted by molar-refractivity contribution is 8.00. The second-order valence-corrected chi connectivity index (χ2v) is 8.29. The first-order chi connectivity index (χ1) is 14.6. The molecule has 2 heterocycles. The van der Waals surface area contributed by atoms with Gasteiger partial charge in [-0.05, 0) is 42.8 Å². The lowest BCUT2D eigenvalue weighted by molar-refractivity contribution is -0.118. The molecule has 3 rings (SSSR count). The molecular weight excluding hydrogens is 423 g/mol. The summed E-state index contributed by atoms with van der Waals surface area (Å²) in [6, 6.07) is 9.40. The number of aryl methyl sites for hydroxylation is 1. The Balaban J connectivity index is 1.27. The minimum absolute atomic E-state index is 0.105. The Labute approximate surface area is 182 Å². The molecule has 0 fully saturated rings. The molecule has 0 unspecified atom stereocenters. The predicted octanol–water partition coefficient (Wildman–Crippen LogP) is 3.76. The van der Waals surface area contributed by atoms with E-state index in [1.54, 1.807) is 23.7 Å². The first kappa shape index (κ1) is 21.9. The number of hydrogen-bond donors (Lipinski definition) is 2. The number of halogens is 1. The zero-order valence-electron chi connectivity index (χ0n) is 16.1. The number of thioether (sulfide) groups is 1. The maximum Gasteiger partial charge on any atom is 0.234 e. The average molecular weight is 445 g/mol. The molecule has 30 heavy (non-hydrogen) atoms. The summed E-state index contributed by atoms with van der Waals surface area (Å²) in [6.07, 6.45) is 5.08. The normalized spacial score (nSPS) is 10.6. The van der Waals surface area contributed by atoms with Crippen LogP contribution >= 0.6 is 23.1 Å². The molecule has 0 aliphatic rings. The summed E-state index contributed by atoms with van der Waals surface area (Å²) in [7, 11) is 0. The minimum Gasteiger partial charge on any atom is -0.355 e. The van der Waals surface area contributed by atoms with Gasteiger partial charge in [0.15, 0.2) is 0 Å². The number of hydrogen-bond acceptors (Lipinski definition) is 6. The number of nitrogens with one attached hydrogen (secondary N) is 2. The largest absolute Gasteiger partial charge is 0.355 e. The van der Waals surface area contributed by atoms with Crippen LogP contribution in [0, 0.1) is 5.82 Å². The van der Waals surface area contributed by atoms with Crippen LogP contribution in [-0.4, -0.2) is 39.8 Å². The van der Waals surface area contributed by atoms with Crippen molar-refractivity contribution in [2.24, 2.45) is 0 Å². The Morgan fingerprint density at radius 2 is 1.77 bits per heavy atom. The van der Waals surface area contributed by atoms with Crippen LogP contribution in [0.15, 0.2) is 54.2 Å². The van der Waals surface area contributed by atoms with Gasteiger partial charge in [-0.2, -0.15) is 0 Å². The van der Waals surface area contributed by atoms with Gasteiger partial charge in [-0.1, -0.05) is 0 Å². The van der Waals surface area contributed by atoms with E-state index in [1.165, 1.54) is 36.0 Å². The van der Waals surface area contributed by atoms with E-state index in [1.807, 2.05) is 17.5 Å². The van der Waals surface area contributed by atoms with Gasteiger partial charge in [0.25, 0.3) is 0 Å². The smallest absolute Gasteiger partial charge is 0.234 e. The number of carbonyl (C=O) groups excluding carboxylic acids is 2. The number of aromatic nitrogens is 2. The summed E-state index contributed by atoms with van der Waals surface area (Å²) in [5.41, 5.74) is 2.51. The van der Waals surface area contributed by atoms with E-state index in [9.17, 15) is 14.0 Å². The van der Waals surface area contributed by atoms with Gasteiger partial charge < -0.3 is 10.6 Å². The third-order valence-electron chi connectivity index (χ3n) is 4.01. The zero-order chi connectivity index (χ0) is 21.2. The van der Waals surface area contributed by atoms with Gasteiger partial charge in [-0.3, -0.25) is 14.6 Å². The summed E-state index contributed by atoms with van der Waals surface area (Å²) in [5.74, 6) is -0.329. The van der Waals surface area contributed by atoms with Crippen LogP contribution < -0.4 is 10.6 Å². The topological polar surface area (TPSA) is 84.0 Å². The van der Waals surface area contributed by atoms with Crippen molar-refractivity contribution in [1.82, 2.24) is 15.3 Å². The van der Waals surface area contributed by atoms with Crippen LogP contribution in [0.5, 0.6) is 0 Å². The SMILES string of the molecule is O=C(CSCC(=O)Nc1ccc(F)cc1)NCCCc1nc(-c2ccncc2)cs1. The quantitative estimate of drug-likeness (QED) is 0.465. The molecule has 2 aromatic heterocycles. The Morgan fingerprint density at radius 3 is 2.53 bits per heavy atom. The minimum atomic E-state index is -0.358. The van der Waals surface area contributed by atoms with Gasteiger partial charge in [-0.25, -0.2) is 9.37 Å². The van der Waals surface area contributed by atoms with Gasteiger partial charge in [0.1, 0.15) is 5.82 Å². The summed E-state index contributed by atoms with van der Waals surface area (Å²) < 4.78 is 12.8. The van der Waals surface area contributed by atoms with Crippen LogP contribution in [0.3, 0.4) is 0 Å². The fourth-order valence-electron chi connectivity index (χ4n) is 2.57. The van der Waals surface area contributed by atoms with Gasteiger partial charge in [0.2, 0.25) is 11.8 Å². The van der Waals surface area contributed by atoms with Crippen molar-refractivity contribution >= 4 is 40.6 Å². The molecular formula is C21H21FN4O2S2. The van der Waals surface area contributed by atoms with Crippen molar-refractivity contribution in [3.63, 3.8) is 0 Å². The highest BCUT2D eigenvalue weighted by Crippen LogP contribution is 2.21. The number of carbonyl (C=O) groups is 2. The molecule has 0 radical (unpaired) electrons. The van der Waals surface area contributed by atoms with Crippen molar-refractivity contribution in [2.45, 2.75) is 12.8 Å². The molecule has 0 aliphatic heterocycles. The van der Waals surface area contributed by atoms with Gasteiger partial charge in [0, 0.05) is 42.0 Å². The standard InChI is InChI=1S/C21H21FN4O2S2/c22-16-3-5-17(6-4-16)25-20(28)14-29-13-19(27)24-9-1-2-21-26-18(12-30-21)15-7-10-23-11-8-15/h3-8,10-12H,1-2,9,13-14H2,(H,24,27)(H,25,28). The summed E-state index contributed by atoms with van der Waals surface area (Å²) >= 11 is 2.84. The molecule has 156 valence electrons. The number of pyridine rings is 1. The second kappa shape index (κ2) is 11.4. The molecule has 9 heteroatoms. The molecule has 0 aliphatic carbocycles. The molecule has 3 aromatic rings. The highest BCUT2D eigenvalue weighted by Gasteiger charge is 2.07. The predicted molar refractivity (Wildman–Crippen MR) is 119 cm³/mol. The molecule has 0 atom stereocenters. The Hall–Kier alpha value is -2.78. The molecule has 2 amide bonds. The first-order valence-corrected chi connectivity index (χ1v) is 11.4. The monoisotopic (exact) mass is 444 g/mol. The fourth-order valence-corrected chi connectivity index (χ4v) is 4.06. The van der Waals surface area contributed by atoms with E-state index in [-0.39, 0.29) is 29.1 Å². The Bertz CT molecular complexity index is 965. The van der Waals surface area contributed by atoms with Crippen LogP contribution in [0.2, 0.25) is 0 Å². The van der Waals surface area contributed by atoms with Gasteiger partial charge >= 0.3 is 0 Å². The van der Waals surface area contributed by atoms with Crippen LogP contribution in [-0.2, 0) is 16.0 Å². The third kappa shape index (κ3) is 7.23. The lowest BCUT2D eigenvalue weighted by Crippen LogP contribution is -2.27. The number of anilines is 1. The van der Waals surface area contributed by atoms with Crippen LogP contribution in [0.1, 0.15) is 11.4 Å². The van der Waals surface area contributed by atoms with E-state index < -0.39 is 0 Å². The number of amides is 2. The van der Waals surface area contributed by atoms with E-state index in [0.717, 1.165) is 29.1 Å². The number of benzene rings is 1. The molecule has 0 saturated heterocycles. The highest BCUT2D eigenvalue weighted by atomic mass is 32.2. The molecule has 0 saturated carbocycles. The molecule has 0 bridgehead atoms. The Kier molecular flexibility index (Phi) is 8.34. The van der Waals surface area contributed by atoms with Crippen molar-refractivity contribution < 1.29 is 14.0 Å². The lowest BCUT2D eigenvalue weighted by atomic mass is 10.2. The summed E-state index contributed by atoms with van der Waals surface area (Å²) in [6.45, 7) is 0.561. The van der Waals surface area contributed by atoms with Crippen LogP contribution in [0.4, 0.5) is 10.1 Å². The van der Waals surface area contributed by atoms with Gasteiger partial charge in [0.05, 0.1) is 22.2 Å². The van der Waals surface area contributed by atoms with Crippen LogP contribution in [0.25, 0.3) is 11.3 Å². The summed E-state index contributed by atoms with van der Waals surface area (Å²) in [5, 5.41) is 8.57. The van der Waals surface area contributed by atoms with Crippen molar-refractivity contribution in [3.05, 3.63) is 65.0 Å². The third-order valence-corrected chi connectivity index (χ3v) is 5.85. The molecule has 1 aromatic carbocycles. The number of nitrogens with zero attached hydrogens (tertiary/aromatic N) is 2. The van der Waals surface area contributed by atoms with Gasteiger partial charge in [-0.15, -0.1) is 23.1 Å². The van der Waals surface area contributed by atoms with E-state index in [2.05, 4.69) is 20.6 Å². The first-order valence-electron chi connectivity index (χ1n) is 9.35. The Morgan fingerprint density at radius 1 is 1.03 bits per heavy atom. The zero-order valence-corrected chi connectivity index (χ0v) is 17.8. The maximum absolute atomic E-state index is 12.8. The lowest BCUT2D eigenvalue weighted by Gasteiger charge is -2.06. The fraction of sp³-hybridized carbons (Fsp3) is 0.238. The molecule has 2 N–H and O–H groups in total. The van der Waals surface area contributed by atoms with E-state index in [4.69, 9.17) is 0 Å². The molecule has 0 spiro atoms.